The van der Waals surface area contributed by atoms with E-state index in [4.69, 9.17) is 4.74 Å². The molecule has 84 valence electrons. The highest BCUT2D eigenvalue weighted by Crippen LogP contribution is 2.25. The maximum atomic E-state index is 13.0. The van der Waals surface area contributed by atoms with E-state index in [1.54, 1.807) is 25.7 Å². The summed E-state index contributed by atoms with van der Waals surface area (Å²) in [6.07, 6.45) is 3.30. The monoisotopic (exact) mass is 221 g/mol. The van der Waals surface area contributed by atoms with E-state index in [9.17, 15) is 4.39 Å². The van der Waals surface area contributed by atoms with Crippen LogP contribution in [0.5, 0.6) is 5.75 Å². The summed E-state index contributed by atoms with van der Waals surface area (Å²) in [6.45, 7) is 0.541. The molecule has 0 atom stereocenters. The minimum atomic E-state index is -0.298. The predicted molar refractivity (Wildman–Crippen MR) is 58.9 cm³/mol. The van der Waals surface area contributed by atoms with Crippen molar-refractivity contribution < 1.29 is 9.13 Å². The predicted octanol–water partition coefficient (Wildman–Crippen LogP) is 2.17. The minimum absolute atomic E-state index is 0.298. The zero-order chi connectivity index (χ0) is 11.4. The Morgan fingerprint density at radius 1 is 1.50 bits per heavy atom. The fourth-order valence-corrected chi connectivity index (χ4v) is 1.39. The van der Waals surface area contributed by atoms with Crippen LogP contribution >= 0.6 is 0 Å². The Labute approximate surface area is 92.5 Å². The summed E-state index contributed by atoms with van der Waals surface area (Å²) in [6, 6.07) is 4.35. The van der Waals surface area contributed by atoms with E-state index in [-0.39, 0.29) is 5.82 Å². The SMILES string of the molecule is COc1ccc(F)cc1NCc1cnc[nH]1. The highest BCUT2D eigenvalue weighted by atomic mass is 19.1. The molecule has 0 unspecified atom stereocenters. The van der Waals surface area contributed by atoms with Gasteiger partial charge in [0.1, 0.15) is 11.6 Å². The highest BCUT2D eigenvalue weighted by Gasteiger charge is 2.04. The fraction of sp³-hybridized carbons (Fsp3) is 0.182. The molecule has 1 aromatic carbocycles. The number of hydrogen-bond acceptors (Lipinski definition) is 3. The van der Waals surface area contributed by atoms with Crippen molar-refractivity contribution in [3.63, 3.8) is 0 Å². The molecule has 0 bridgehead atoms. The van der Waals surface area contributed by atoms with Gasteiger partial charge in [0.25, 0.3) is 0 Å². The molecule has 1 heterocycles. The zero-order valence-electron chi connectivity index (χ0n) is 8.83. The van der Waals surface area contributed by atoms with Crippen molar-refractivity contribution >= 4 is 5.69 Å². The van der Waals surface area contributed by atoms with E-state index in [1.165, 1.54) is 12.1 Å². The first kappa shape index (κ1) is 10.5. The molecule has 0 amide bonds. The van der Waals surface area contributed by atoms with E-state index < -0.39 is 0 Å². The number of methoxy groups -OCH3 is 1. The molecule has 2 aromatic rings. The molecule has 0 spiro atoms. The first-order valence-electron chi connectivity index (χ1n) is 4.84. The summed E-state index contributed by atoms with van der Waals surface area (Å²) in [4.78, 5) is 6.85. The van der Waals surface area contributed by atoms with Gasteiger partial charge in [-0.05, 0) is 12.1 Å². The van der Waals surface area contributed by atoms with Gasteiger partial charge in [-0.3, -0.25) is 0 Å². The lowest BCUT2D eigenvalue weighted by Gasteiger charge is -2.10. The molecular formula is C11H12FN3O. The number of imidazole rings is 1. The number of rotatable bonds is 4. The zero-order valence-corrected chi connectivity index (χ0v) is 8.83. The van der Waals surface area contributed by atoms with Crippen molar-refractivity contribution in [2.24, 2.45) is 0 Å². The molecule has 0 saturated heterocycles. The van der Waals surface area contributed by atoms with E-state index in [2.05, 4.69) is 15.3 Å². The van der Waals surface area contributed by atoms with Crippen molar-refractivity contribution in [2.75, 3.05) is 12.4 Å². The van der Waals surface area contributed by atoms with Crippen LogP contribution in [0.25, 0.3) is 0 Å². The molecule has 4 nitrogen and oxygen atoms in total. The van der Waals surface area contributed by atoms with Crippen LogP contribution in [-0.2, 0) is 6.54 Å². The lowest BCUT2D eigenvalue weighted by molar-refractivity contribution is 0.415. The molecule has 0 saturated carbocycles. The van der Waals surface area contributed by atoms with Gasteiger partial charge in [-0.15, -0.1) is 0 Å². The van der Waals surface area contributed by atoms with E-state index >= 15 is 0 Å². The molecule has 16 heavy (non-hydrogen) atoms. The summed E-state index contributed by atoms with van der Waals surface area (Å²) in [5, 5.41) is 3.07. The van der Waals surface area contributed by atoms with Crippen LogP contribution in [0.1, 0.15) is 5.69 Å². The normalized spacial score (nSPS) is 10.1. The Bertz CT molecular complexity index is 456. The van der Waals surface area contributed by atoms with Gasteiger partial charge in [-0.2, -0.15) is 0 Å². The number of anilines is 1. The van der Waals surface area contributed by atoms with Crippen LogP contribution in [0.2, 0.25) is 0 Å². The molecule has 0 radical (unpaired) electrons. The number of benzene rings is 1. The smallest absolute Gasteiger partial charge is 0.142 e. The molecule has 2 N–H and O–H groups in total. The Morgan fingerprint density at radius 3 is 3.06 bits per heavy atom. The van der Waals surface area contributed by atoms with Gasteiger partial charge in [-0.25, -0.2) is 9.37 Å². The van der Waals surface area contributed by atoms with Crippen LogP contribution in [0.3, 0.4) is 0 Å². The van der Waals surface area contributed by atoms with Crippen LogP contribution < -0.4 is 10.1 Å². The third kappa shape index (κ3) is 2.31. The summed E-state index contributed by atoms with van der Waals surface area (Å²) in [7, 11) is 1.55. The minimum Gasteiger partial charge on any atom is -0.495 e. The Morgan fingerprint density at radius 2 is 2.38 bits per heavy atom. The fourth-order valence-electron chi connectivity index (χ4n) is 1.39. The second-order valence-electron chi connectivity index (χ2n) is 3.28. The molecule has 0 fully saturated rings. The topological polar surface area (TPSA) is 49.9 Å². The van der Waals surface area contributed by atoms with Gasteiger partial charge in [-0.1, -0.05) is 0 Å². The molecule has 5 heteroatoms. The summed E-state index contributed by atoms with van der Waals surface area (Å²) < 4.78 is 18.1. The first-order valence-corrected chi connectivity index (χ1v) is 4.84. The number of nitrogens with zero attached hydrogens (tertiary/aromatic N) is 1. The third-order valence-corrected chi connectivity index (χ3v) is 2.19. The van der Waals surface area contributed by atoms with Crippen molar-refractivity contribution in [1.82, 2.24) is 9.97 Å². The van der Waals surface area contributed by atoms with Crippen molar-refractivity contribution in [2.45, 2.75) is 6.54 Å². The van der Waals surface area contributed by atoms with Crippen molar-refractivity contribution in [1.29, 1.82) is 0 Å². The van der Waals surface area contributed by atoms with E-state index in [0.717, 1.165) is 5.69 Å². The van der Waals surface area contributed by atoms with Crippen molar-refractivity contribution in [3.8, 4) is 5.75 Å². The highest BCUT2D eigenvalue weighted by molar-refractivity contribution is 5.56. The Kier molecular flexibility index (Phi) is 3.05. The average Bonchev–Trinajstić information content (AvgIpc) is 2.79. The second kappa shape index (κ2) is 4.65. The van der Waals surface area contributed by atoms with Gasteiger partial charge < -0.3 is 15.0 Å². The van der Waals surface area contributed by atoms with Crippen LogP contribution in [0, 0.1) is 5.82 Å². The Hall–Kier alpha value is -2.04. The second-order valence-corrected chi connectivity index (χ2v) is 3.28. The number of H-pyrrole nitrogens is 1. The quantitative estimate of drug-likeness (QED) is 0.831. The summed E-state index contributed by atoms with van der Waals surface area (Å²) >= 11 is 0. The van der Waals surface area contributed by atoms with Gasteiger partial charge >= 0.3 is 0 Å². The van der Waals surface area contributed by atoms with Crippen LogP contribution in [-0.4, -0.2) is 17.1 Å². The molecular weight excluding hydrogens is 209 g/mol. The maximum Gasteiger partial charge on any atom is 0.142 e. The number of aromatic amines is 1. The standard InChI is InChI=1S/C11H12FN3O/c1-16-11-3-2-8(12)4-10(11)14-6-9-5-13-7-15-9/h2-5,7,14H,6H2,1H3,(H,13,15). The molecule has 1 aromatic heterocycles. The van der Waals surface area contributed by atoms with E-state index in [1.807, 2.05) is 0 Å². The molecule has 0 aliphatic carbocycles. The lowest BCUT2D eigenvalue weighted by atomic mass is 10.2. The van der Waals surface area contributed by atoms with Gasteiger partial charge in [0, 0.05) is 12.3 Å². The first-order chi connectivity index (χ1) is 7.79. The number of aromatic nitrogens is 2. The number of hydrogen-bond donors (Lipinski definition) is 2. The summed E-state index contributed by atoms with van der Waals surface area (Å²) in [5.74, 6) is 0.314. The largest absolute Gasteiger partial charge is 0.495 e. The summed E-state index contributed by atoms with van der Waals surface area (Å²) in [5.41, 5.74) is 1.54. The van der Waals surface area contributed by atoms with Gasteiger partial charge in [0.05, 0.1) is 31.4 Å². The van der Waals surface area contributed by atoms with E-state index in [0.29, 0.717) is 18.0 Å². The number of halogens is 1. The average molecular weight is 221 g/mol. The van der Waals surface area contributed by atoms with Crippen LogP contribution in [0.4, 0.5) is 10.1 Å². The number of ether oxygens (including phenoxy) is 1. The number of nitrogens with one attached hydrogen (secondary N) is 2. The third-order valence-electron chi connectivity index (χ3n) is 2.19. The Balaban J connectivity index is 2.11. The van der Waals surface area contributed by atoms with Crippen molar-refractivity contribution in [3.05, 3.63) is 42.2 Å². The molecule has 2 rings (SSSR count). The lowest BCUT2D eigenvalue weighted by Crippen LogP contribution is -2.02. The maximum absolute atomic E-state index is 13.0. The molecule has 0 aliphatic heterocycles. The molecule has 0 aliphatic rings. The van der Waals surface area contributed by atoms with Crippen LogP contribution in [0.15, 0.2) is 30.7 Å². The van der Waals surface area contributed by atoms with Gasteiger partial charge in [0.2, 0.25) is 0 Å². The van der Waals surface area contributed by atoms with Gasteiger partial charge in [0.15, 0.2) is 0 Å².